The van der Waals surface area contributed by atoms with Gasteiger partial charge in [-0.25, -0.2) is 0 Å². The lowest BCUT2D eigenvalue weighted by Crippen LogP contribution is -2.52. The average molecular weight is 675 g/mol. The predicted molar refractivity (Wildman–Crippen MR) is 183 cm³/mol. The van der Waals surface area contributed by atoms with Gasteiger partial charge >= 0.3 is 17.1 Å². The van der Waals surface area contributed by atoms with E-state index in [1.807, 2.05) is 0 Å². The van der Waals surface area contributed by atoms with Crippen molar-refractivity contribution in [3.8, 4) is 0 Å². The Balaban J connectivity index is 4.72. The van der Waals surface area contributed by atoms with Crippen molar-refractivity contribution in [3.63, 3.8) is 0 Å². The van der Waals surface area contributed by atoms with Gasteiger partial charge in [-0.3, -0.25) is 0 Å². The SMILES string of the molecule is C[Si](C)(C)O[Si](C)(CCCCO[C@H](CO)[C@@H](CO)OCCCC[Si](C)(O[Si](C)(C)C)O[Si](C)(C)C)O[Si](C)(C)C. The molecule has 242 valence electrons. The molecule has 2 atom stereocenters. The zero-order chi connectivity index (χ0) is 31.5. The van der Waals surface area contributed by atoms with Crippen LogP contribution < -0.4 is 0 Å². The minimum atomic E-state index is -2.26. The minimum absolute atomic E-state index is 0.186. The van der Waals surface area contributed by atoms with Crippen molar-refractivity contribution in [2.45, 2.75) is 142 Å². The van der Waals surface area contributed by atoms with Crippen molar-refractivity contribution in [1.29, 1.82) is 0 Å². The summed E-state index contributed by atoms with van der Waals surface area (Å²) in [6.07, 6.45) is 2.49. The van der Waals surface area contributed by atoms with Gasteiger partial charge in [0.25, 0.3) is 0 Å². The van der Waals surface area contributed by atoms with Gasteiger partial charge < -0.3 is 36.1 Å². The maximum atomic E-state index is 9.93. The van der Waals surface area contributed by atoms with Crippen LogP contribution in [-0.2, 0) is 25.9 Å². The molecule has 0 fully saturated rings. The monoisotopic (exact) mass is 674 g/mol. The first-order valence-electron chi connectivity index (χ1n) is 15.2. The number of aliphatic hydroxyl groups excluding tert-OH is 2. The van der Waals surface area contributed by atoms with Crippen molar-refractivity contribution in [2.75, 3.05) is 26.4 Å². The Morgan fingerprint density at radius 1 is 0.425 bits per heavy atom. The molecule has 2 N–H and O–H groups in total. The van der Waals surface area contributed by atoms with Gasteiger partial charge in [0.05, 0.1) is 13.2 Å². The first-order valence-corrected chi connectivity index (χ1v) is 33.9. The summed E-state index contributed by atoms with van der Waals surface area (Å²) in [4.78, 5) is 0. The highest BCUT2D eigenvalue weighted by atomic mass is 28.5. The summed E-state index contributed by atoms with van der Waals surface area (Å²) in [6.45, 7) is 31.7. The van der Waals surface area contributed by atoms with Crippen molar-refractivity contribution in [2.24, 2.45) is 0 Å². The molecular formula is C26H66O8Si6. The fourth-order valence-corrected chi connectivity index (χ4v) is 30.2. The van der Waals surface area contributed by atoms with Gasteiger partial charge in [-0.2, -0.15) is 0 Å². The van der Waals surface area contributed by atoms with Crippen molar-refractivity contribution >= 4 is 50.4 Å². The minimum Gasteiger partial charge on any atom is -0.437 e. The lowest BCUT2D eigenvalue weighted by molar-refractivity contribution is -0.110. The van der Waals surface area contributed by atoms with E-state index < -0.39 is 62.6 Å². The van der Waals surface area contributed by atoms with E-state index in [-0.39, 0.29) is 13.2 Å². The second kappa shape index (κ2) is 17.5. The van der Waals surface area contributed by atoms with Crippen LogP contribution in [0.5, 0.6) is 0 Å². The number of hydrogen-bond donors (Lipinski definition) is 2. The summed E-state index contributed by atoms with van der Waals surface area (Å²) in [5.41, 5.74) is 0. The number of aliphatic hydroxyl groups is 2. The smallest absolute Gasteiger partial charge is 0.314 e. The molecule has 14 heteroatoms. The molecule has 0 unspecified atom stereocenters. The zero-order valence-electron chi connectivity index (χ0n) is 28.6. The van der Waals surface area contributed by atoms with Gasteiger partial charge in [0.15, 0.2) is 33.3 Å². The molecule has 0 aliphatic rings. The van der Waals surface area contributed by atoms with Gasteiger partial charge in [0.1, 0.15) is 12.2 Å². The molecule has 0 aromatic rings. The van der Waals surface area contributed by atoms with E-state index in [2.05, 4.69) is 91.7 Å². The Morgan fingerprint density at radius 2 is 0.675 bits per heavy atom. The maximum absolute atomic E-state index is 9.93. The molecular weight excluding hydrogens is 609 g/mol. The molecule has 0 bridgehead atoms. The number of rotatable bonds is 23. The topological polar surface area (TPSA) is 95.8 Å². The predicted octanol–water partition coefficient (Wildman–Crippen LogP) is 6.85. The summed E-state index contributed by atoms with van der Waals surface area (Å²) in [5.74, 6) is 0. The third-order valence-corrected chi connectivity index (χ3v) is 24.8. The molecule has 0 aliphatic heterocycles. The molecule has 0 amide bonds. The number of unbranched alkanes of at least 4 members (excludes halogenated alkanes) is 2. The first-order chi connectivity index (χ1) is 17.9. The molecule has 0 rings (SSSR count). The van der Waals surface area contributed by atoms with Gasteiger partial charge in [0, 0.05) is 13.2 Å². The largest absolute Gasteiger partial charge is 0.437 e. The van der Waals surface area contributed by atoms with Crippen LogP contribution in [0.2, 0.25) is 104 Å². The van der Waals surface area contributed by atoms with Gasteiger partial charge in [-0.15, -0.1) is 0 Å². The Hall–Kier alpha value is 0.981. The van der Waals surface area contributed by atoms with E-state index in [9.17, 15) is 10.2 Å². The van der Waals surface area contributed by atoms with E-state index in [1.54, 1.807) is 0 Å². The Kier molecular flexibility index (Phi) is 17.9. The summed E-state index contributed by atoms with van der Waals surface area (Å²) in [5, 5.41) is 19.9. The summed E-state index contributed by atoms with van der Waals surface area (Å²) >= 11 is 0. The lowest BCUT2D eigenvalue weighted by Gasteiger charge is -2.38. The van der Waals surface area contributed by atoms with Crippen molar-refractivity contribution in [1.82, 2.24) is 0 Å². The van der Waals surface area contributed by atoms with Gasteiger partial charge in [0.2, 0.25) is 0 Å². The van der Waals surface area contributed by atoms with E-state index in [0.717, 1.165) is 37.8 Å². The molecule has 8 nitrogen and oxygen atoms in total. The quantitative estimate of drug-likeness (QED) is 0.0898. The van der Waals surface area contributed by atoms with E-state index >= 15 is 0 Å². The van der Waals surface area contributed by atoms with Crippen LogP contribution in [0.1, 0.15) is 25.7 Å². The molecule has 0 spiro atoms. The molecule has 0 radical (unpaired) electrons. The van der Waals surface area contributed by atoms with Crippen LogP contribution in [0, 0.1) is 0 Å². The third-order valence-electron chi connectivity index (χ3n) is 5.58. The Morgan fingerprint density at radius 3 is 0.875 bits per heavy atom. The van der Waals surface area contributed by atoms with Gasteiger partial charge in [-0.1, -0.05) is 0 Å². The van der Waals surface area contributed by atoms with E-state index in [1.165, 1.54) is 0 Å². The second-order valence-corrected chi connectivity index (χ2v) is 40.9. The zero-order valence-corrected chi connectivity index (χ0v) is 34.6. The maximum Gasteiger partial charge on any atom is 0.314 e. The third kappa shape index (κ3) is 21.6. The highest BCUT2D eigenvalue weighted by molar-refractivity contribution is 6.88. The van der Waals surface area contributed by atoms with Crippen molar-refractivity contribution < 1.29 is 36.1 Å². The van der Waals surface area contributed by atoms with Crippen LogP contribution in [0.4, 0.5) is 0 Å². The van der Waals surface area contributed by atoms with E-state index in [4.69, 9.17) is 25.9 Å². The normalized spacial score (nSPS) is 15.9. The first kappa shape index (κ1) is 41.0. The lowest BCUT2D eigenvalue weighted by atomic mass is 10.2. The van der Waals surface area contributed by atoms with Crippen LogP contribution >= 0.6 is 0 Å². The van der Waals surface area contributed by atoms with Crippen LogP contribution in [0.25, 0.3) is 0 Å². The van der Waals surface area contributed by atoms with Crippen LogP contribution in [0.3, 0.4) is 0 Å². The highest BCUT2D eigenvalue weighted by Gasteiger charge is 2.41. The van der Waals surface area contributed by atoms with Crippen LogP contribution in [0.15, 0.2) is 0 Å². The summed E-state index contributed by atoms with van der Waals surface area (Å²) in [7, 11) is -11.4. The average Bonchev–Trinajstić information content (AvgIpc) is 2.68. The molecule has 40 heavy (non-hydrogen) atoms. The number of hydrogen-bond acceptors (Lipinski definition) is 8. The Labute approximate surface area is 253 Å². The molecule has 0 aromatic heterocycles. The standard InChI is InChI=1S/C26H66O8Si6/c1-35(2,3)31-39(13,32-36(4,5)6)21-17-15-19-29-25(23-27)26(24-28)30-20-16-18-22-40(14,33-37(7,8)9)34-38(10,11)12/h25-28H,15-24H2,1-14H3/t25-,26-/m1/s1. The van der Waals surface area contributed by atoms with Gasteiger partial charge in [-0.05, 0) is 129 Å². The van der Waals surface area contributed by atoms with Crippen LogP contribution in [-0.4, -0.2) is 99.2 Å². The fourth-order valence-electron chi connectivity index (χ4n) is 4.96. The summed E-state index contributed by atoms with van der Waals surface area (Å²) < 4.78 is 38.3. The Bertz CT molecular complexity index is 599. The molecule has 0 aliphatic carbocycles. The fraction of sp³-hybridized carbons (Fsp3) is 1.00. The molecule has 0 saturated heterocycles. The molecule has 0 saturated carbocycles. The molecule has 0 aromatic carbocycles. The second-order valence-electron chi connectivity index (χ2n) is 15.2. The van der Waals surface area contributed by atoms with Crippen molar-refractivity contribution in [3.05, 3.63) is 0 Å². The summed E-state index contributed by atoms with van der Waals surface area (Å²) in [6, 6.07) is 1.86. The highest BCUT2D eigenvalue weighted by Crippen LogP contribution is 2.27. The molecule has 0 heterocycles. The van der Waals surface area contributed by atoms with E-state index in [0.29, 0.717) is 13.2 Å². The number of ether oxygens (including phenoxy) is 2.